The predicted octanol–water partition coefficient (Wildman–Crippen LogP) is 2.63. The normalized spacial score (nSPS) is 15.8. The Hall–Kier alpha value is -1.64. The molecule has 0 aliphatic carbocycles. The van der Waals surface area contributed by atoms with Gasteiger partial charge < -0.3 is 15.8 Å². The van der Waals surface area contributed by atoms with Crippen LogP contribution in [0.4, 0.5) is 13.2 Å². The van der Waals surface area contributed by atoms with Crippen molar-refractivity contribution >= 4 is 5.91 Å². The van der Waals surface area contributed by atoms with Crippen LogP contribution in [0, 0.1) is 0 Å². The number of carbonyl (C=O) groups is 1. The van der Waals surface area contributed by atoms with Gasteiger partial charge in [-0.05, 0) is 30.5 Å². The summed E-state index contributed by atoms with van der Waals surface area (Å²) in [5.74, 6) is 0.173. The Kier molecular flexibility index (Phi) is 7.47. The Labute approximate surface area is 136 Å². The number of halogens is 3. The zero-order valence-corrected chi connectivity index (χ0v) is 12.9. The van der Waals surface area contributed by atoms with Crippen LogP contribution < -0.4 is 11.2 Å². The van der Waals surface area contributed by atoms with Crippen molar-refractivity contribution in [2.45, 2.75) is 38.5 Å². The summed E-state index contributed by atoms with van der Waals surface area (Å²) in [6.45, 7) is 3.43. The molecule has 1 aliphatic heterocycles. The van der Waals surface area contributed by atoms with E-state index in [4.69, 9.17) is 10.9 Å². The summed E-state index contributed by atoms with van der Waals surface area (Å²) in [7, 11) is 0. The zero-order chi connectivity index (χ0) is 17.5. The molecule has 1 aromatic rings. The van der Waals surface area contributed by atoms with Crippen LogP contribution in [0.15, 0.2) is 24.3 Å². The first-order chi connectivity index (χ1) is 10.7. The molecule has 2 rings (SSSR count). The third-order valence-corrected chi connectivity index (χ3v) is 3.55. The minimum Gasteiger partial charge on any atom is -0.343 e. The summed E-state index contributed by atoms with van der Waals surface area (Å²) < 4.78 is 36.1. The second-order valence-electron chi connectivity index (χ2n) is 5.37. The monoisotopic (exact) mass is 337 g/mol. The van der Waals surface area contributed by atoms with Gasteiger partial charge in [0.1, 0.15) is 0 Å². The van der Waals surface area contributed by atoms with E-state index >= 15 is 0 Å². The average molecular weight is 337 g/mol. The number of hydroxylamine groups is 1. The van der Waals surface area contributed by atoms with Gasteiger partial charge >= 0.3 is 6.18 Å². The highest BCUT2D eigenvalue weighted by atomic mass is 19.4. The Morgan fingerprint density at radius 2 is 1.87 bits per heavy atom. The van der Waals surface area contributed by atoms with Crippen LogP contribution in [0.2, 0.25) is 0 Å². The zero-order valence-electron chi connectivity index (χ0n) is 12.9. The SMILES string of the molecule is CC(=O)N1CCC(N)CC1.ONCc1ccc(C(F)(F)F)cc1.[HH].[HH]. The van der Waals surface area contributed by atoms with Gasteiger partial charge in [-0.2, -0.15) is 13.2 Å². The lowest BCUT2D eigenvalue weighted by Crippen LogP contribution is -2.41. The summed E-state index contributed by atoms with van der Waals surface area (Å²) in [6, 6.07) is 4.90. The van der Waals surface area contributed by atoms with Crippen LogP contribution in [-0.2, 0) is 17.5 Å². The Morgan fingerprint density at radius 1 is 1.35 bits per heavy atom. The summed E-state index contributed by atoms with van der Waals surface area (Å²) in [5, 5.41) is 8.28. The van der Waals surface area contributed by atoms with Crippen molar-refractivity contribution in [2.75, 3.05) is 13.1 Å². The number of benzene rings is 1. The lowest BCUT2D eigenvalue weighted by atomic mass is 10.1. The number of hydrogen-bond donors (Lipinski definition) is 3. The molecule has 1 saturated heterocycles. The first-order valence-corrected chi connectivity index (χ1v) is 7.28. The lowest BCUT2D eigenvalue weighted by Gasteiger charge is -2.28. The number of nitrogens with one attached hydrogen (secondary N) is 1. The topological polar surface area (TPSA) is 78.6 Å². The number of hydrogen-bond acceptors (Lipinski definition) is 4. The van der Waals surface area contributed by atoms with E-state index in [-0.39, 0.29) is 15.3 Å². The van der Waals surface area contributed by atoms with Crippen LogP contribution in [0.1, 0.15) is 33.7 Å². The summed E-state index contributed by atoms with van der Waals surface area (Å²) in [4.78, 5) is 12.6. The van der Waals surface area contributed by atoms with Gasteiger partial charge in [0.2, 0.25) is 5.91 Å². The summed E-state index contributed by atoms with van der Waals surface area (Å²) in [6.07, 6.45) is -2.38. The molecule has 0 unspecified atom stereocenters. The summed E-state index contributed by atoms with van der Waals surface area (Å²) in [5.41, 5.74) is 7.43. The summed E-state index contributed by atoms with van der Waals surface area (Å²) >= 11 is 0. The molecule has 0 radical (unpaired) electrons. The molecule has 0 atom stereocenters. The molecule has 4 N–H and O–H groups in total. The molecular formula is C15H26F3N3O2. The van der Waals surface area contributed by atoms with E-state index in [0.717, 1.165) is 38.1 Å². The Morgan fingerprint density at radius 3 is 2.26 bits per heavy atom. The molecule has 1 heterocycles. The van der Waals surface area contributed by atoms with Crippen LogP contribution >= 0.6 is 0 Å². The highest BCUT2D eigenvalue weighted by Crippen LogP contribution is 2.28. The fraction of sp³-hybridized carbons (Fsp3) is 0.533. The molecule has 1 aliphatic rings. The minimum atomic E-state index is -4.30. The molecule has 0 saturated carbocycles. The fourth-order valence-electron chi connectivity index (χ4n) is 2.12. The molecule has 5 nitrogen and oxygen atoms in total. The molecule has 1 aromatic carbocycles. The van der Waals surface area contributed by atoms with Gasteiger partial charge in [-0.25, -0.2) is 5.48 Å². The maximum Gasteiger partial charge on any atom is 0.416 e. The predicted molar refractivity (Wildman–Crippen MR) is 83.8 cm³/mol. The highest BCUT2D eigenvalue weighted by Gasteiger charge is 2.29. The van der Waals surface area contributed by atoms with Crippen molar-refractivity contribution in [3.8, 4) is 0 Å². The van der Waals surface area contributed by atoms with Gasteiger partial charge in [0.05, 0.1) is 5.56 Å². The molecule has 0 aromatic heterocycles. The maximum absolute atomic E-state index is 12.0. The van der Waals surface area contributed by atoms with Gasteiger partial charge in [-0.3, -0.25) is 4.79 Å². The van der Waals surface area contributed by atoms with Crippen molar-refractivity contribution in [3.63, 3.8) is 0 Å². The minimum absolute atomic E-state index is 0. The molecular weight excluding hydrogens is 311 g/mol. The smallest absolute Gasteiger partial charge is 0.343 e. The first-order valence-electron chi connectivity index (χ1n) is 7.28. The average Bonchev–Trinajstić information content (AvgIpc) is 2.48. The third-order valence-electron chi connectivity index (χ3n) is 3.55. The number of nitrogens with two attached hydrogens (primary N) is 1. The van der Waals surface area contributed by atoms with Gasteiger partial charge in [0, 0.05) is 35.5 Å². The number of carbonyl (C=O) groups excluding carboxylic acids is 1. The van der Waals surface area contributed by atoms with Crippen LogP contribution in [0.5, 0.6) is 0 Å². The second kappa shape index (κ2) is 8.85. The lowest BCUT2D eigenvalue weighted by molar-refractivity contribution is -0.137. The molecule has 0 bridgehead atoms. The molecule has 0 spiro atoms. The van der Waals surface area contributed by atoms with E-state index in [2.05, 4.69) is 0 Å². The maximum atomic E-state index is 12.0. The Balaban J connectivity index is 0. The first kappa shape index (κ1) is 19.4. The van der Waals surface area contributed by atoms with Crippen molar-refractivity contribution in [3.05, 3.63) is 35.4 Å². The van der Waals surface area contributed by atoms with E-state index in [9.17, 15) is 18.0 Å². The van der Waals surface area contributed by atoms with Gasteiger partial charge in [0.15, 0.2) is 0 Å². The largest absolute Gasteiger partial charge is 0.416 e. The quantitative estimate of drug-likeness (QED) is 0.725. The number of alkyl halides is 3. The fourth-order valence-corrected chi connectivity index (χ4v) is 2.12. The van der Waals surface area contributed by atoms with E-state index < -0.39 is 11.7 Å². The van der Waals surface area contributed by atoms with E-state index in [1.165, 1.54) is 12.1 Å². The number of likely N-dealkylation sites (tertiary alicyclic amines) is 1. The van der Waals surface area contributed by atoms with Crippen LogP contribution in [0.25, 0.3) is 0 Å². The van der Waals surface area contributed by atoms with Crippen molar-refractivity contribution < 1.29 is 26.0 Å². The van der Waals surface area contributed by atoms with Gasteiger partial charge in [-0.15, -0.1) is 0 Å². The second-order valence-corrected chi connectivity index (χ2v) is 5.37. The van der Waals surface area contributed by atoms with Crippen molar-refractivity contribution in [2.24, 2.45) is 5.73 Å². The molecule has 1 fully saturated rings. The van der Waals surface area contributed by atoms with E-state index in [1.54, 1.807) is 6.92 Å². The number of amides is 1. The molecule has 8 heteroatoms. The number of rotatable bonds is 2. The van der Waals surface area contributed by atoms with Crippen molar-refractivity contribution in [1.82, 2.24) is 10.4 Å². The standard InChI is InChI=1S/C8H8F3NO.C7H14N2O.2H2/c9-8(10,11)7-3-1-6(2-4-7)5-12-13;1-6(10)9-4-2-7(8)3-5-9;;/h1-4,12-13H,5H2;7H,2-5,8H2,1H3;2*1H. The molecule has 23 heavy (non-hydrogen) atoms. The van der Waals surface area contributed by atoms with E-state index in [0.29, 0.717) is 11.6 Å². The third kappa shape index (κ3) is 6.98. The van der Waals surface area contributed by atoms with Crippen LogP contribution in [0.3, 0.4) is 0 Å². The Bertz CT molecular complexity index is 494. The number of piperidine rings is 1. The van der Waals surface area contributed by atoms with Crippen LogP contribution in [-0.4, -0.2) is 35.1 Å². The molecule has 1 amide bonds. The van der Waals surface area contributed by atoms with Crippen molar-refractivity contribution in [1.29, 1.82) is 0 Å². The van der Waals surface area contributed by atoms with Gasteiger partial charge in [0.25, 0.3) is 0 Å². The van der Waals surface area contributed by atoms with Gasteiger partial charge in [-0.1, -0.05) is 12.1 Å². The molecule has 134 valence electrons. The highest BCUT2D eigenvalue weighted by molar-refractivity contribution is 5.73. The van der Waals surface area contributed by atoms with E-state index in [1.807, 2.05) is 10.4 Å². The number of nitrogens with zero attached hydrogens (tertiary/aromatic N) is 1.